The molecule has 0 atom stereocenters. The number of rotatable bonds is 4. The second-order valence-corrected chi connectivity index (χ2v) is 8.26. The fourth-order valence-corrected chi connectivity index (χ4v) is 2.87. The molecule has 5 nitrogen and oxygen atoms in total. The van der Waals surface area contributed by atoms with Crippen LogP contribution in [0.2, 0.25) is 0 Å². The van der Waals surface area contributed by atoms with Crippen molar-refractivity contribution < 1.29 is 17.5 Å². The summed E-state index contributed by atoms with van der Waals surface area (Å²) in [7, 11) is 1.85. The maximum Gasteiger partial charge on any atom is 0.169 e. The Morgan fingerprint density at radius 1 is 0.828 bits per heavy atom. The van der Waals surface area contributed by atoms with Crippen LogP contribution in [0.3, 0.4) is 0 Å². The molecule has 0 saturated heterocycles. The van der Waals surface area contributed by atoms with Crippen LogP contribution in [-0.2, 0) is 17.2 Å². The fraction of sp³-hybridized carbons (Fsp3) is 0.174. The quantitative estimate of drug-likeness (QED) is 0.487. The summed E-state index contributed by atoms with van der Waals surface area (Å²) in [5.41, 5.74) is 4.58. The van der Waals surface area contributed by atoms with E-state index in [1.165, 1.54) is 28.9 Å². The number of nitrogens with zero attached hydrogens (tertiary/aromatic N) is 2. The average Bonchev–Trinajstić information content (AvgIpc) is 2.68. The van der Waals surface area contributed by atoms with E-state index in [0.717, 1.165) is 5.56 Å². The van der Waals surface area contributed by atoms with Crippen molar-refractivity contribution in [3.8, 4) is 0 Å². The van der Waals surface area contributed by atoms with E-state index >= 15 is 0 Å². The van der Waals surface area contributed by atoms with Crippen LogP contribution in [-0.4, -0.2) is 27.1 Å². The monoisotopic (exact) mass is 410 g/mol. The number of pyridine rings is 1. The van der Waals surface area contributed by atoms with Crippen LogP contribution >= 0.6 is 0 Å². The predicted molar refractivity (Wildman–Crippen MR) is 116 cm³/mol. The first-order chi connectivity index (χ1) is 13.6. The molecule has 3 rings (SSSR count). The highest BCUT2D eigenvalue weighted by atomic mass is 32.2. The van der Waals surface area contributed by atoms with Gasteiger partial charge in [0.15, 0.2) is 12.4 Å². The van der Waals surface area contributed by atoms with Crippen molar-refractivity contribution >= 4 is 28.0 Å². The normalized spacial score (nSPS) is 11.1. The standard InChI is InChI=1S/C16H19N2.C7H8O3S/c1-17(2)16-8-6-14(7-9-16)4-5-15-10-12-18(3)13-11-15;1-6-2-4-7(5-3-6)11(8,9)10/h4-13H,1-3H3;2-5H,1H3,(H,8,9,10)/q+1;/p-1. The van der Waals surface area contributed by atoms with Crippen molar-refractivity contribution in [1.29, 1.82) is 0 Å². The molecule has 2 aromatic carbocycles. The van der Waals surface area contributed by atoms with Crippen LogP contribution in [0.5, 0.6) is 0 Å². The van der Waals surface area contributed by atoms with E-state index in [2.05, 4.69) is 79.9 Å². The summed E-state index contributed by atoms with van der Waals surface area (Å²) in [6.07, 6.45) is 8.36. The van der Waals surface area contributed by atoms with Crippen molar-refractivity contribution in [2.24, 2.45) is 7.05 Å². The molecule has 0 saturated carbocycles. The molecule has 0 fully saturated rings. The number of anilines is 1. The minimum absolute atomic E-state index is 0.178. The van der Waals surface area contributed by atoms with E-state index in [4.69, 9.17) is 0 Å². The topological polar surface area (TPSA) is 64.3 Å². The third-order valence-electron chi connectivity index (χ3n) is 4.19. The zero-order valence-corrected chi connectivity index (χ0v) is 17.9. The Hall–Kier alpha value is -2.96. The van der Waals surface area contributed by atoms with Gasteiger partial charge in [-0.3, -0.25) is 0 Å². The summed E-state index contributed by atoms with van der Waals surface area (Å²) < 4.78 is 33.2. The number of benzene rings is 2. The van der Waals surface area contributed by atoms with Gasteiger partial charge in [0.25, 0.3) is 0 Å². The van der Waals surface area contributed by atoms with Crippen LogP contribution in [0.1, 0.15) is 16.7 Å². The van der Waals surface area contributed by atoms with Crippen LogP contribution in [0.25, 0.3) is 12.2 Å². The molecule has 0 aliphatic heterocycles. The van der Waals surface area contributed by atoms with E-state index < -0.39 is 10.1 Å². The van der Waals surface area contributed by atoms with E-state index in [-0.39, 0.29) is 4.90 Å². The van der Waals surface area contributed by atoms with Crippen LogP contribution in [0.4, 0.5) is 5.69 Å². The summed E-state index contributed by atoms with van der Waals surface area (Å²) in [4.78, 5) is 1.92. The van der Waals surface area contributed by atoms with E-state index in [0.29, 0.717) is 0 Å². The van der Waals surface area contributed by atoms with Gasteiger partial charge in [0.1, 0.15) is 17.2 Å². The molecule has 1 heterocycles. The van der Waals surface area contributed by atoms with Crippen molar-refractivity contribution in [3.05, 3.63) is 89.7 Å². The Morgan fingerprint density at radius 2 is 1.31 bits per heavy atom. The molecule has 29 heavy (non-hydrogen) atoms. The molecule has 0 spiro atoms. The van der Waals surface area contributed by atoms with Gasteiger partial charge < -0.3 is 9.45 Å². The molecule has 0 amide bonds. The largest absolute Gasteiger partial charge is 0.744 e. The van der Waals surface area contributed by atoms with E-state index in [9.17, 15) is 13.0 Å². The molecule has 3 aromatic rings. The average molecular weight is 411 g/mol. The SMILES string of the molecule is CN(C)c1ccc(/C=C/c2cc[n+](C)cc2)cc1.Cc1ccc(S(=O)(=O)[O-])cc1. The molecule has 0 radical (unpaired) electrons. The minimum atomic E-state index is -4.27. The second kappa shape index (κ2) is 10.0. The van der Waals surface area contributed by atoms with Gasteiger partial charge >= 0.3 is 0 Å². The van der Waals surface area contributed by atoms with Gasteiger partial charge in [-0.05, 0) is 42.3 Å². The summed E-state index contributed by atoms with van der Waals surface area (Å²) in [5, 5.41) is 0. The molecule has 0 N–H and O–H groups in total. The maximum absolute atomic E-state index is 10.4. The van der Waals surface area contributed by atoms with Crippen LogP contribution in [0, 0.1) is 6.92 Å². The highest BCUT2D eigenvalue weighted by Crippen LogP contribution is 2.14. The lowest BCUT2D eigenvalue weighted by Gasteiger charge is -2.11. The van der Waals surface area contributed by atoms with Crippen molar-refractivity contribution in [3.63, 3.8) is 0 Å². The first-order valence-electron chi connectivity index (χ1n) is 9.08. The lowest BCUT2D eigenvalue weighted by Crippen LogP contribution is -2.25. The van der Waals surface area contributed by atoms with Gasteiger partial charge in [0.05, 0.1) is 4.90 Å². The van der Waals surface area contributed by atoms with Crippen molar-refractivity contribution in [2.45, 2.75) is 11.8 Å². The number of hydrogen-bond acceptors (Lipinski definition) is 4. The van der Waals surface area contributed by atoms with Gasteiger partial charge in [-0.2, -0.15) is 0 Å². The van der Waals surface area contributed by atoms with Crippen LogP contribution in [0.15, 0.2) is 78.0 Å². The molecule has 6 heteroatoms. The third-order valence-corrected chi connectivity index (χ3v) is 5.04. The number of aryl methyl sites for hydroxylation is 2. The van der Waals surface area contributed by atoms with Crippen molar-refractivity contribution in [1.82, 2.24) is 0 Å². The lowest BCUT2D eigenvalue weighted by atomic mass is 10.1. The highest BCUT2D eigenvalue weighted by molar-refractivity contribution is 7.85. The van der Waals surface area contributed by atoms with Gasteiger partial charge in [-0.1, -0.05) is 42.0 Å². The summed E-state index contributed by atoms with van der Waals surface area (Å²) in [6, 6.07) is 18.5. The van der Waals surface area contributed by atoms with Gasteiger partial charge in [-0.15, -0.1) is 0 Å². The van der Waals surface area contributed by atoms with Gasteiger partial charge in [-0.25, -0.2) is 13.0 Å². The Bertz CT molecular complexity index is 1040. The molecule has 152 valence electrons. The van der Waals surface area contributed by atoms with E-state index in [1.54, 1.807) is 12.1 Å². The van der Waals surface area contributed by atoms with Crippen LogP contribution < -0.4 is 9.47 Å². The molecule has 0 aliphatic carbocycles. The summed E-state index contributed by atoms with van der Waals surface area (Å²) in [5.74, 6) is 0. The highest BCUT2D eigenvalue weighted by Gasteiger charge is 1.98. The molecule has 1 aromatic heterocycles. The zero-order valence-electron chi connectivity index (χ0n) is 17.1. The molecule has 0 bridgehead atoms. The fourth-order valence-electron chi connectivity index (χ4n) is 2.40. The number of hydrogen-bond donors (Lipinski definition) is 0. The zero-order chi connectivity index (χ0) is 21.4. The first kappa shape index (κ1) is 22.3. The molecule has 0 unspecified atom stereocenters. The molecular weight excluding hydrogens is 384 g/mol. The number of aromatic nitrogens is 1. The Morgan fingerprint density at radius 3 is 1.76 bits per heavy atom. The Balaban J connectivity index is 0.000000234. The lowest BCUT2D eigenvalue weighted by molar-refractivity contribution is -0.671. The van der Waals surface area contributed by atoms with Crippen molar-refractivity contribution in [2.75, 3.05) is 19.0 Å². The second-order valence-electron chi connectivity index (χ2n) is 6.88. The Labute approximate surface area is 173 Å². The predicted octanol–water partition coefficient (Wildman–Crippen LogP) is 3.65. The van der Waals surface area contributed by atoms with Gasteiger partial charge in [0, 0.05) is 31.9 Å². The molecule has 0 aliphatic rings. The minimum Gasteiger partial charge on any atom is -0.744 e. The maximum atomic E-state index is 10.4. The third kappa shape index (κ3) is 7.52. The first-order valence-corrected chi connectivity index (χ1v) is 10.5. The molecular formula is C23H26N2O3S. The summed E-state index contributed by atoms with van der Waals surface area (Å²) >= 11 is 0. The van der Waals surface area contributed by atoms with E-state index in [1.807, 2.05) is 18.5 Å². The van der Waals surface area contributed by atoms with Gasteiger partial charge in [0.2, 0.25) is 0 Å². The smallest absolute Gasteiger partial charge is 0.169 e. The summed E-state index contributed by atoms with van der Waals surface area (Å²) in [6.45, 7) is 1.82. The Kier molecular flexibility index (Phi) is 7.70.